The monoisotopic (exact) mass is 285 g/mol. The average molecular weight is 285 g/mol. The molecule has 3 aromatic rings. The smallest absolute Gasteiger partial charge is 0.140 e. The fourth-order valence-electron chi connectivity index (χ4n) is 2.36. The van der Waals surface area contributed by atoms with Crippen LogP contribution in [0, 0.1) is 5.82 Å². The topological polar surface area (TPSA) is 46.8 Å². The lowest BCUT2D eigenvalue weighted by atomic mass is 10.1. The predicted molar refractivity (Wildman–Crippen MR) is 79.5 cm³/mol. The van der Waals surface area contributed by atoms with Crippen LogP contribution in [0.2, 0.25) is 0 Å². The first-order valence-corrected chi connectivity index (χ1v) is 6.68. The zero-order chi connectivity index (χ0) is 15.0. The minimum atomic E-state index is -0.291. The molecule has 0 N–H and O–H groups in total. The maximum absolute atomic E-state index is 13.5. The summed E-state index contributed by atoms with van der Waals surface area (Å²) in [5, 5.41) is 4.89. The molecule has 2 heterocycles. The van der Waals surface area contributed by atoms with Gasteiger partial charge < -0.3 is 4.90 Å². The van der Waals surface area contributed by atoms with Gasteiger partial charge in [-0.2, -0.15) is 5.10 Å². The standard InChI is InChI=1S/C15H16FN5/c1-10(11-7-19-20(2)8-11)21(3)15-13-6-12(16)4-5-14(13)17-9-18-15/h4-10H,1-3H3/t10-/m0/s1. The van der Waals surface area contributed by atoms with Crippen molar-refractivity contribution in [3.63, 3.8) is 0 Å². The number of halogens is 1. The Morgan fingerprint density at radius 2 is 2.10 bits per heavy atom. The van der Waals surface area contributed by atoms with Crippen LogP contribution in [0.3, 0.4) is 0 Å². The third-order valence-electron chi connectivity index (χ3n) is 3.70. The molecule has 0 radical (unpaired) electrons. The Hall–Kier alpha value is -2.50. The summed E-state index contributed by atoms with van der Waals surface area (Å²) < 4.78 is 15.3. The molecule has 0 saturated heterocycles. The van der Waals surface area contributed by atoms with E-state index in [1.807, 2.05) is 31.4 Å². The predicted octanol–water partition coefficient (Wildman–Crippen LogP) is 2.70. The van der Waals surface area contributed by atoms with E-state index < -0.39 is 0 Å². The van der Waals surface area contributed by atoms with Gasteiger partial charge in [-0.05, 0) is 25.1 Å². The van der Waals surface area contributed by atoms with Gasteiger partial charge in [0.1, 0.15) is 18.0 Å². The van der Waals surface area contributed by atoms with Crippen LogP contribution < -0.4 is 4.90 Å². The van der Waals surface area contributed by atoms with Crippen molar-refractivity contribution in [3.8, 4) is 0 Å². The van der Waals surface area contributed by atoms with Gasteiger partial charge in [0, 0.05) is 31.2 Å². The van der Waals surface area contributed by atoms with E-state index >= 15 is 0 Å². The first-order chi connectivity index (χ1) is 10.1. The Balaban J connectivity index is 2.05. The number of benzene rings is 1. The van der Waals surface area contributed by atoms with Crippen LogP contribution in [0.5, 0.6) is 0 Å². The van der Waals surface area contributed by atoms with Crippen molar-refractivity contribution in [1.29, 1.82) is 0 Å². The van der Waals surface area contributed by atoms with Gasteiger partial charge in [-0.25, -0.2) is 14.4 Å². The van der Waals surface area contributed by atoms with Gasteiger partial charge in [0.2, 0.25) is 0 Å². The molecule has 3 rings (SSSR count). The van der Waals surface area contributed by atoms with Crippen LogP contribution in [0.4, 0.5) is 10.2 Å². The van der Waals surface area contributed by atoms with Gasteiger partial charge in [-0.1, -0.05) is 0 Å². The molecule has 1 aromatic carbocycles. The third kappa shape index (κ3) is 2.44. The quantitative estimate of drug-likeness (QED) is 0.742. The summed E-state index contributed by atoms with van der Waals surface area (Å²) >= 11 is 0. The van der Waals surface area contributed by atoms with Crippen molar-refractivity contribution in [2.45, 2.75) is 13.0 Å². The van der Waals surface area contributed by atoms with Gasteiger partial charge in [0.05, 0.1) is 17.8 Å². The van der Waals surface area contributed by atoms with Crippen molar-refractivity contribution >= 4 is 16.7 Å². The van der Waals surface area contributed by atoms with Crippen molar-refractivity contribution in [2.75, 3.05) is 11.9 Å². The van der Waals surface area contributed by atoms with Crippen LogP contribution in [-0.4, -0.2) is 26.8 Å². The molecule has 0 amide bonds. The second kappa shape index (κ2) is 5.12. The highest BCUT2D eigenvalue weighted by atomic mass is 19.1. The first kappa shape index (κ1) is 13.5. The van der Waals surface area contributed by atoms with Crippen molar-refractivity contribution in [2.24, 2.45) is 7.05 Å². The average Bonchev–Trinajstić information content (AvgIpc) is 2.91. The van der Waals surface area contributed by atoms with Crippen LogP contribution in [0.15, 0.2) is 36.9 Å². The second-order valence-electron chi connectivity index (χ2n) is 5.09. The Labute approximate surface area is 122 Å². The normalized spacial score (nSPS) is 12.6. The molecule has 0 unspecified atom stereocenters. The van der Waals surface area contributed by atoms with Crippen LogP contribution in [0.1, 0.15) is 18.5 Å². The summed E-state index contributed by atoms with van der Waals surface area (Å²) in [6, 6.07) is 4.61. The fraction of sp³-hybridized carbons (Fsp3) is 0.267. The molecule has 0 aliphatic carbocycles. The molecule has 0 aliphatic rings. The number of fused-ring (bicyclic) bond motifs is 1. The Bertz CT molecular complexity index is 783. The number of nitrogens with zero attached hydrogens (tertiary/aromatic N) is 5. The van der Waals surface area contributed by atoms with Crippen molar-refractivity contribution in [3.05, 3.63) is 48.3 Å². The molecular weight excluding hydrogens is 269 g/mol. The molecule has 6 heteroatoms. The van der Waals surface area contributed by atoms with Gasteiger partial charge in [0.25, 0.3) is 0 Å². The summed E-state index contributed by atoms with van der Waals surface area (Å²) in [6.07, 6.45) is 5.29. The van der Waals surface area contributed by atoms with E-state index in [0.717, 1.165) is 11.1 Å². The number of rotatable bonds is 3. The third-order valence-corrected chi connectivity index (χ3v) is 3.70. The zero-order valence-corrected chi connectivity index (χ0v) is 12.2. The van der Waals surface area contributed by atoms with E-state index in [2.05, 4.69) is 22.0 Å². The molecular formula is C15H16FN5. The van der Waals surface area contributed by atoms with E-state index in [1.54, 1.807) is 10.7 Å². The Kier molecular flexibility index (Phi) is 3.29. The number of hydrogen-bond donors (Lipinski definition) is 0. The number of anilines is 1. The summed E-state index contributed by atoms with van der Waals surface area (Å²) in [6.45, 7) is 2.06. The number of aromatic nitrogens is 4. The molecule has 5 nitrogen and oxygen atoms in total. The van der Waals surface area contributed by atoms with Gasteiger partial charge in [0.15, 0.2) is 0 Å². The van der Waals surface area contributed by atoms with E-state index in [4.69, 9.17) is 0 Å². The minimum Gasteiger partial charge on any atom is -0.352 e. The summed E-state index contributed by atoms with van der Waals surface area (Å²) in [4.78, 5) is 10.5. The van der Waals surface area contributed by atoms with Crippen LogP contribution >= 0.6 is 0 Å². The summed E-state index contributed by atoms with van der Waals surface area (Å²) in [5.41, 5.74) is 1.80. The van der Waals surface area contributed by atoms with Gasteiger partial charge in [-0.15, -0.1) is 0 Å². The Morgan fingerprint density at radius 3 is 2.81 bits per heavy atom. The van der Waals surface area contributed by atoms with E-state index in [0.29, 0.717) is 11.2 Å². The van der Waals surface area contributed by atoms with E-state index in [9.17, 15) is 4.39 Å². The van der Waals surface area contributed by atoms with Gasteiger partial charge >= 0.3 is 0 Å². The Morgan fingerprint density at radius 1 is 1.29 bits per heavy atom. The molecule has 2 aromatic heterocycles. The molecule has 0 aliphatic heterocycles. The number of hydrogen-bond acceptors (Lipinski definition) is 4. The largest absolute Gasteiger partial charge is 0.352 e. The highest BCUT2D eigenvalue weighted by molar-refractivity contribution is 5.89. The van der Waals surface area contributed by atoms with E-state index in [1.165, 1.54) is 18.5 Å². The van der Waals surface area contributed by atoms with Crippen LogP contribution in [0.25, 0.3) is 10.9 Å². The molecule has 1 atom stereocenters. The summed E-state index contributed by atoms with van der Waals surface area (Å²) in [7, 11) is 3.82. The minimum absolute atomic E-state index is 0.0695. The lowest BCUT2D eigenvalue weighted by Gasteiger charge is -2.26. The maximum atomic E-state index is 13.5. The molecule has 108 valence electrons. The lowest BCUT2D eigenvalue weighted by Crippen LogP contribution is -2.22. The summed E-state index contributed by atoms with van der Waals surface area (Å²) in [5.74, 6) is 0.414. The molecule has 21 heavy (non-hydrogen) atoms. The van der Waals surface area contributed by atoms with Crippen molar-refractivity contribution < 1.29 is 4.39 Å². The number of aryl methyl sites for hydroxylation is 1. The molecule has 0 saturated carbocycles. The molecule has 0 spiro atoms. The SMILES string of the molecule is C[C@@H](c1cnn(C)c1)N(C)c1ncnc2ccc(F)cc12. The zero-order valence-electron chi connectivity index (χ0n) is 12.2. The highest BCUT2D eigenvalue weighted by Crippen LogP contribution is 2.29. The van der Waals surface area contributed by atoms with Crippen molar-refractivity contribution in [1.82, 2.24) is 19.7 Å². The maximum Gasteiger partial charge on any atom is 0.140 e. The molecule has 0 bridgehead atoms. The second-order valence-corrected chi connectivity index (χ2v) is 5.09. The fourth-order valence-corrected chi connectivity index (χ4v) is 2.36. The lowest BCUT2D eigenvalue weighted by molar-refractivity contribution is 0.629. The first-order valence-electron chi connectivity index (χ1n) is 6.68. The van der Waals surface area contributed by atoms with Crippen LogP contribution in [-0.2, 0) is 7.05 Å². The van der Waals surface area contributed by atoms with Gasteiger partial charge in [-0.3, -0.25) is 4.68 Å². The van der Waals surface area contributed by atoms with E-state index in [-0.39, 0.29) is 11.9 Å². The highest BCUT2D eigenvalue weighted by Gasteiger charge is 2.17. The molecule has 0 fully saturated rings.